The SMILES string of the molecule is CC.CCN(C)C.CNCC(=O)N1CCC(N(C)CCC(=O)N2CCC2)CC1. The number of rotatable bonds is 7. The van der Waals surface area contributed by atoms with Crippen LogP contribution in [0.1, 0.15) is 46.5 Å². The molecule has 1 N–H and O–H groups in total. The number of carbonyl (C=O) groups is 2. The smallest absolute Gasteiger partial charge is 0.236 e. The lowest BCUT2D eigenvalue weighted by Gasteiger charge is -2.37. The highest BCUT2D eigenvalue weighted by Gasteiger charge is 2.26. The van der Waals surface area contributed by atoms with Crippen molar-refractivity contribution in [3.63, 3.8) is 0 Å². The van der Waals surface area contributed by atoms with Gasteiger partial charge in [0.05, 0.1) is 6.54 Å². The second-order valence-corrected chi connectivity index (χ2v) is 7.50. The molecule has 0 radical (unpaired) electrons. The number of nitrogens with one attached hydrogen (secondary N) is 1. The first-order chi connectivity index (χ1) is 13.4. The first-order valence-electron chi connectivity index (χ1n) is 10.9. The quantitative estimate of drug-likeness (QED) is 0.700. The zero-order valence-corrected chi connectivity index (χ0v) is 19.5. The molecule has 2 aliphatic heterocycles. The van der Waals surface area contributed by atoms with Crippen LogP contribution in [0.15, 0.2) is 0 Å². The summed E-state index contributed by atoms with van der Waals surface area (Å²) >= 11 is 0. The normalized spacial score (nSPS) is 16.8. The molecule has 0 aliphatic carbocycles. The van der Waals surface area contributed by atoms with Crippen LogP contribution in [0.2, 0.25) is 0 Å². The van der Waals surface area contributed by atoms with Gasteiger partial charge < -0.3 is 24.9 Å². The maximum atomic E-state index is 11.9. The van der Waals surface area contributed by atoms with Gasteiger partial charge >= 0.3 is 0 Å². The molecule has 0 aromatic heterocycles. The molecule has 2 saturated heterocycles. The average molecular weight is 400 g/mol. The summed E-state index contributed by atoms with van der Waals surface area (Å²) in [4.78, 5) is 32.0. The van der Waals surface area contributed by atoms with Crippen LogP contribution in [0.4, 0.5) is 0 Å². The molecule has 2 heterocycles. The Bertz CT molecular complexity index is 419. The monoisotopic (exact) mass is 399 g/mol. The first-order valence-corrected chi connectivity index (χ1v) is 10.9. The molecule has 2 fully saturated rings. The molecule has 0 aromatic carbocycles. The van der Waals surface area contributed by atoms with E-state index in [9.17, 15) is 9.59 Å². The summed E-state index contributed by atoms with van der Waals surface area (Å²) in [6, 6.07) is 0.493. The van der Waals surface area contributed by atoms with Gasteiger partial charge in [0.2, 0.25) is 11.8 Å². The van der Waals surface area contributed by atoms with Gasteiger partial charge in [0.15, 0.2) is 0 Å². The molecule has 2 rings (SSSR count). The molecular weight excluding hydrogens is 354 g/mol. The first kappa shape index (κ1) is 26.8. The number of amides is 2. The third-order valence-electron chi connectivity index (χ3n) is 5.29. The van der Waals surface area contributed by atoms with E-state index in [-0.39, 0.29) is 11.8 Å². The fourth-order valence-corrected chi connectivity index (χ4v) is 3.00. The highest BCUT2D eigenvalue weighted by atomic mass is 16.2. The lowest BCUT2D eigenvalue weighted by atomic mass is 10.0. The molecule has 0 unspecified atom stereocenters. The Morgan fingerprint density at radius 2 is 1.46 bits per heavy atom. The van der Waals surface area contributed by atoms with Gasteiger partial charge in [-0.2, -0.15) is 0 Å². The van der Waals surface area contributed by atoms with Gasteiger partial charge in [-0.15, -0.1) is 0 Å². The average Bonchev–Trinajstić information content (AvgIpc) is 2.67. The second kappa shape index (κ2) is 15.7. The van der Waals surface area contributed by atoms with Crippen LogP contribution in [0, 0.1) is 0 Å². The van der Waals surface area contributed by atoms with E-state index in [0.717, 1.165) is 58.5 Å². The summed E-state index contributed by atoms with van der Waals surface area (Å²) in [5.41, 5.74) is 0. The molecule has 0 saturated carbocycles. The fourth-order valence-electron chi connectivity index (χ4n) is 3.00. The van der Waals surface area contributed by atoms with Crippen molar-refractivity contribution >= 4 is 11.8 Å². The van der Waals surface area contributed by atoms with E-state index in [4.69, 9.17) is 0 Å². The van der Waals surface area contributed by atoms with Crippen LogP contribution in [0.5, 0.6) is 0 Å². The number of hydrogen-bond acceptors (Lipinski definition) is 5. The van der Waals surface area contributed by atoms with Crippen LogP contribution in [0.3, 0.4) is 0 Å². The molecule has 0 spiro atoms. The predicted molar refractivity (Wildman–Crippen MR) is 118 cm³/mol. The van der Waals surface area contributed by atoms with Crippen molar-refractivity contribution in [1.82, 2.24) is 24.9 Å². The Hall–Kier alpha value is -1.18. The van der Waals surface area contributed by atoms with Crippen molar-refractivity contribution in [2.45, 2.75) is 52.5 Å². The Morgan fingerprint density at radius 1 is 0.964 bits per heavy atom. The van der Waals surface area contributed by atoms with Crippen LogP contribution in [-0.4, -0.2) is 111 Å². The number of hydrogen-bond donors (Lipinski definition) is 1. The van der Waals surface area contributed by atoms with E-state index < -0.39 is 0 Å². The van der Waals surface area contributed by atoms with Crippen LogP contribution in [0.25, 0.3) is 0 Å². The molecule has 7 nitrogen and oxygen atoms in total. The highest BCUT2D eigenvalue weighted by molar-refractivity contribution is 5.78. The molecule has 166 valence electrons. The molecule has 0 bridgehead atoms. The van der Waals surface area contributed by atoms with Gasteiger partial charge in [-0.1, -0.05) is 20.8 Å². The van der Waals surface area contributed by atoms with Gasteiger partial charge in [-0.05, 0) is 54.0 Å². The topological polar surface area (TPSA) is 59.1 Å². The predicted octanol–water partition coefficient (Wildman–Crippen LogP) is 1.35. The van der Waals surface area contributed by atoms with Gasteiger partial charge in [-0.25, -0.2) is 0 Å². The maximum absolute atomic E-state index is 11.9. The Kier molecular flexibility index (Phi) is 15.0. The third kappa shape index (κ3) is 10.4. The summed E-state index contributed by atoms with van der Waals surface area (Å²) in [7, 11) is 8.01. The van der Waals surface area contributed by atoms with Crippen molar-refractivity contribution in [3.8, 4) is 0 Å². The van der Waals surface area contributed by atoms with E-state index in [0.29, 0.717) is 19.0 Å². The number of likely N-dealkylation sites (tertiary alicyclic amines) is 2. The summed E-state index contributed by atoms with van der Waals surface area (Å²) in [5, 5.41) is 2.91. The van der Waals surface area contributed by atoms with Crippen LogP contribution in [-0.2, 0) is 9.59 Å². The summed E-state index contributed by atoms with van der Waals surface area (Å²) in [6.45, 7) is 12.0. The number of nitrogens with zero attached hydrogens (tertiary/aromatic N) is 4. The zero-order valence-electron chi connectivity index (χ0n) is 19.5. The highest BCUT2D eigenvalue weighted by Crippen LogP contribution is 2.16. The summed E-state index contributed by atoms with van der Waals surface area (Å²) < 4.78 is 0. The molecule has 0 aromatic rings. The van der Waals surface area contributed by atoms with Crippen molar-refractivity contribution in [1.29, 1.82) is 0 Å². The van der Waals surface area contributed by atoms with Crippen molar-refractivity contribution < 1.29 is 9.59 Å². The molecule has 28 heavy (non-hydrogen) atoms. The van der Waals surface area contributed by atoms with Crippen LogP contribution >= 0.6 is 0 Å². The van der Waals surface area contributed by atoms with E-state index in [1.54, 1.807) is 7.05 Å². The third-order valence-corrected chi connectivity index (χ3v) is 5.29. The number of carbonyl (C=O) groups excluding carboxylic acids is 2. The van der Waals surface area contributed by atoms with Crippen LogP contribution < -0.4 is 5.32 Å². The molecular formula is C21H45N5O2. The minimum atomic E-state index is 0.187. The molecule has 0 atom stereocenters. The van der Waals surface area contributed by atoms with Crippen molar-refractivity contribution in [2.75, 3.05) is 74.0 Å². The lowest BCUT2D eigenvalue weighted by Crippen LogP contribution is -2.48. The lowest BCUT2D eigenvalue weighted by molar-refractivity contribution is -0.135. The van der Waals surface area contributed by atoms with Gasteiger partial charge in [0, 0.05) is 45.2 Å². The molecule has 2 amide bonds. The Balaban J connectivity index is 0.000000906. The fraction of sp³-hybridized carbons (Fsp3) is 0.905. The standard InChI is InChI=1S/C15H28N4O2.C4H11N.C2H6/c1-16-12-15(21)19-10-4-13(5-11-19)17(2)9-6-14(20)18-7-3-8-18;1-4-5(2)3;1-2/h13,16H,3-12H2,1-2H3;4H2,1-3H3;1-2H3. The number of likely N-dealkylation sites (N-methyl/N-ethyl adjacent to an activating group) is 1. The second-order valence-electron chi connectivity index (χ2n) is 7.50. The molecule has 7 heteroatoms. The molecule has 2 aliphatic rings. The zero-order chi connectivity index (χ0) is 21.5. The van der Waals surface area contributed by atoms with Gasteiger partial charge in [0.25, 0.3) is 0 Å². The Labute approximate surface area is 173 Å². The summed E-state index contributed by atoms with van der Waals surface area (Å²) in [6.07, 6.45) is 3.78. The van der Waals surface area contributed by atoms with Gasteiger partial charge in [0.1, 0.15) is 0 Å². The Morgan fingerprint density at radius 3 is 1.86 bits per heavy atom. The number of piperidine rings is 1. The van der Waals surface area contributed by atoms with E-state index in [1.807, 2.05) is 23.6 Å². The minimum absolute atomic E-state index is 0.187. The maximum Gasteiger partial charge on any atom is 0.236 e. The van der Waals surface area contributed by atoms with Crippen molar-refractivity contribution in [2.24, 2.45) is 0 Å². The van der Waals surface area contributed by atoms with E-state index in [2.05, 4.69) is 43.2 Å². The minimum Gasteiger partial charge on any atom is -0.343 e. The van der Waals surface area contributed by atoms with E-state index >= 15 is 0 Å². The van der Waals surface area contributed by atoms with E-state index in [1.165, 1.54) is 0 Å². The largest absolute Gasteiger partial charge is 0.343 e. The van der Waals surface area contributed by atoms with Crippen molar-refractivity contribution in [3.05, 3.63) is 0 Å². The van der Waals surface area contributed by atoms with Gasteiger partial charge in [-0.3, -0.25) is 9.59 Å². The summed E-state index contributed by atoms with van der Waals surface area (Å²) in [5.74, 6) is 0.473.